The number of rotatable bonds is 7. The van der Waals surface area contributed by atoms with Gasteiger partial charge in [-0.2, -0.15) is 13.2 Å². The summed E-state index contributed by atoms with van der Waals surface area (Å²) in [5.74, 6) is -0.525. The number of ether oxygens (including phenoxy) is 2. The molecule has 0 fully saturated rings. The molecule has 0 unspecified atom stereocenters. The molecule has 0 radical (unpaired) electrons. The summed E-state index contributed by atoms with van der Waals surface area (Å²) in [6, 6.07) is 11.1. The van der Waals surface area contributed by atoms with E-state index in [1.165, 1.54) is 18.7 Å². The zero-order valence-corrected chi connectivity index (χ0v) is 15.9. The van der Waals surface area contributed by atoms with Gasteiger partial charge >= 0.3 is 12.1 Å². The average molecular weight is 413 g/mol. The van der Waals surface area contributed by atoms with Crippen molar-refractivity contribution in [1.82, 2.24) is 0 Å². The van der Waals surface area contributed by atoms with Gasteiger partial charge in [-0.05, 0) is 55.5 Å². The van der Waals surface area contributed by atoms with E-state index >= 15 is 0 Å². The highest BCUT2D eigenvalue weighted by Crippen LogP contribution is 2.29. The van der Waals surface area contributed by atoms with E-state index in [0.717, 1.165) is 29.2 Å². The Bertz CT molecular complexity index is 807. The first-order valence-corrected chi connectivity index (χ1v) is 9.12. The number of nitrogens with one attached hydrogen (secondary N) is 1. The highest BCUT2D eigenvalue weighted by atomic mass is 32.2. The molecule has 0 aliphatic rings. The van der Waals surface area contributed by atoms with E-state index in [4.69, 9.17) is 9.47 Å². The normalized spacial score (nSPS) is 12.2. The summed E-state index contributed by atoms with van der Waals surface area (Å²) in [6.07, 6.45) is -5.54. The minimum Gasteiger partial charge on any atom is -0.497 e. The molecule has 2 aromatic carbocycles. The molecule has 0 saturated carbocycles. The Hall–Kier alpha value is -2.68. The van der Waals surface area contributed by atoms with Gasteiger partial charge in [0.1, 0.15) is 5.75 Å². The molecule has 0 aliphatic heterocycles. The highest BCUT2D eigenvalue weighted by Gasteiger charge is 2.30. The molecule has 1 atom stereocenters. The van der Waals surface area contributed by atoms with Crippen LogP contribution in [0, 0.1) is 0 Å². The lowest BCUT2D eigenvalue weighted by atomic mass is 10.2. The van der Waals surface area contributed by atoms with E-state index in [9.17, 15) is 22.8 Å². The molecule has 2 rings (SSSR count). The molecule has 0 saturated heterocycles. The van der Waals surface area contributed by atoms with Crippen molar-refractivity contribution < 1.29 is 32.2 Å². The third-order valence-corrected chi connectivity index (χ3v) is 4.56. The molecule has 2 aromatic rings. The van der Waals surface area contributed by atoms with Gasteiger partial charge < -0.3 is 14.8 Å². The van der Waals surface area contributed by atoms with Crippen LogP contribution in [0.4, 0.5) is 18.9 Å². The lowest BCUT2D eigenvalue weighted by Gasteiger charge is -2.14. The third kappa shape index (κ3) is 6.49. The first kappa shape index (κ1) is 21.6. The predicted octanol–water partition coefficient (Wildman–Crippen LogP) is 4.38. The van der Waals surface area contributed by atoms with Gasteiger partial charge in [0, 0.05) is 10.6 Å². The van der Waals surface area contributed by atoms with Gasteiger partial charge in [0.2, 0.25) is 0 Å². The van der Waals surface area contributed by atoms with Gasteiger partial charge in [-0.3, -0.25) is 9.59 Å². The van der Waals surface area contributed by atoms with Gasteiger partial charge in [-0.15, -0.1) is 11.8 Å². The molecule has 0 bridgehead atoms. The van der Waals surface area contributed by atoms with E-state index in [0.29, 0.717) is 5.75 Å². The van der Waals surface area contributed by atoms with Crippen LogP contribution in [0.5, 0.6) is 5.75 Å². The van der Waals surface area contributed by atoms with Crippen LogP contribution in [0.25, 0.3) is 0 Å². The van der Waals surface area contributed by atoms with Crippen LogP contribution in [-0.4, -0.2) is 30.8 Å². The van der Waals surface area contributed by atoms with Crippen LogP contribution in [0.2, 0.25) is 0 Å². The third-order valence-electron chi connectivity index (χ3n) is 3.57. The Kier molecular flexibility index (Phi) is 7.33. The number of halogens is 3. The SMILES string of the molecule is COc1ccc(SCC(=O)O[C@H](C)C(=O)Nc2ccc(C(F)(F)F)cc2)cc1. The molecule has 28 heavy (non-hydrogen) atoms. The number of hydrogen-bond donors (Lipinski definition) is 1. The molecule has 150 valence electrons. The van der Waals surface area contributed by atoms with Gasteiger partial charge in [-0.1, -0.05) is 0 Å². The Labute approximate surface area is 164 Å². The fourth-order valence-corrected chi connectivity index (χ4v) is 2.77. The monoisotopic (exact) mass is 413 g/mol. The Morgan fingerprint density at radius 1 is 1.07 bits per heavy atom. The first-order chi connectivity index (χ1) is 13.2. The fraction of sp³-hybridized carbons (Fsp3) is 0.263. The Balaban J connectivity index is 1.81. The van der Waals surface area contributed by atoms with Crippen LogP contribution in [-0.2, 0) is 20.5 Å². The number of methoxy groups -OCH3 is 1. The van der Waals surface area contributed by atoms with E-state index in [2.05, 4.69) is 5.32 Å². The summed E-state index contributed by atoms with van der Waals surface area (Å²) in [5.41, 5.74) is -0.644. The van der Waals surface area contributed by atoms with Crippen molar-refractivity contribution in [2.75, 3.05) is 18.2 Å². The number of thioether (sulfide) groups is 1. The van der Waals surface area contributed by atoms with Crippen LogP contribution in [0.3, 0.4) is 0 Å². The predicted molar refractivity (Wildman–Crippen MR) is 99.3 cm³/mol. The second kappa shape index (κ2) is 9.50. The van der Waals surface area contributed by atoms with Gasteiger partial charge in [0.15, 0.2) is 6.10 Å². The van der Waals surface area contributed by atoms with Crippen molar-refractivity contribution >= 4 is 29.3 Å². The van der Waals surface area contributed by atoms with E-state index < -0.39 is 29.7 Å². The molecule has 1 amide bonds. The van der Waals surface area contributed by atoms with Crippen molar-refractivity contribution in [3.05, 3.63) is 54.1 Å². The van der Waals surface area contributed by atoms with Gasteiger partial charge in [0.05, 0.1) is 18.4 Å². The smallest absolute Gasteiger partial charge is 0.416 e. The lowest BCUT2D eigenvalue weighted by Crippen LogP contribution is -2.30. The topological polar surface area (TPSA) is 64.6 Å². The van der Waals surface area contributed by atoms with E-state index in [-0.39, 0.29) is 11.4 Å². The number of esters is 1. The summed E-state index contributed by atoms with van der Waals surface area (Å²) in [5, 5.41) is 2.41. The number of amides is 1. The van der Waals surface area contributed by atoms with Crippen LogP contribution in [0.1, 0.15) is 12.5 Å². The number of hydrogen-bond acceptors (Lipinski definition) is 5. The van der Waals surface area contributed by atoms with Crippen molar-refractivity contribution in [1.29, 1.82) is 0 Å². The van der Waals surface area contributed by atoms with Crippen LogP contribution >= 0.6 is 11.8 Å². The van der Waals surface area contributed by atoms with Crippen molar-refractivity contribution in [3.63, 3.8) is 0 Å². The molecule has 0 aromatic heterocycles. The molecule has 0 aliphatic carbocycles. The van der Waals surface area contributed by atoms with Crippen molar-refractivity contribution in [2.24, 2.45) is 0 Å². The first-order valence-electron chi connectivity index (χ1n) is 8.13. The highest BCUT2D eigenvalue weighted by molar-refractivity contribution is 8.00. The molecular formula is C19H18F3NO4S. The fourth-order valence-electron chi connectivity index (χ4n) is 2.09. The summed E-state index contributed by atoms with van der Waals surface area (Å²) >= 11 is 1.24. The standard InChI is InChI=1S/C19H18F3NO4S/c1-12(18(25)23-14-5-3-13(4-6-14)19(20,21)22)27-17(24)11-28-16-9-7-15(26-2)8-10-16/h3-10,12H,11H2,1-2H3,(H,23,25)/t12-/m1/s1. The summed E-state index contributed by atoms with van der Waals surface area (Å²) in [7, 11) is 1.55. The second-order valence-electron chi connectivity index (χ2n) is 5.66. The largest absolute Gasteiger partial charge is 0.497 e. The van der Waals surface area contributed by atoms with Crippen molar-refractivity contribution in [2.45, 2.75) is 24.1 Å². The zero-order valence-electron chi connectivity index (χ0n) is 15.1. The number of carbonyl (C=O) groups excluding carboxylic acids is 2. The van der Waals surface area contributed by atoms with Crippen molar-refractivity contribution in [3.8, 4) is 5.75 Å². The maximum atomic E-state index is 12.5. The number of benzene rings is 2. The minimum atomic E-state index is -4.45. The summed E-state index contributed by atoms with van der Waals surface area (Å²) in [4.78, 5) is 24.8. The van der Waals surface area contributed by atoms with Crippen LogP contribution in [0.15, 0.2) is 53.4 Å². The maximum Gasteiger partial charge on any atom is 0.416 e. The Morgan fingerprint density at radius 2 is 1.68 bits per heavy atom. The lowest BCUT2D eigenvalue weighted by molar-refractivity contribution is -0.150. The van der Waals surface area contributed by atoms with E-state index in [1.807, 2.05) is 0 Å². The molecular weight excluding hydrogens is 395 g/mol. The molecule has 0 spiro atoms. The molecule has 1 N–H and O–H groups in total. The quantitative estimate of drug-likeness (QED) is 0.539. The molecule has 0 heterocycles. The second-order valence-corrected chi connectivity index (χ2v) is 6.71. The zero-order chi connectivity index (χ0) is 20.7. The number of anilines is 1. The Morgan fingerprint density at radius 3 is 2.21 bits per heavy atom. The minimum absolute atomic E-state index is 0.00419. The number of carbonyl (C=O) groups is 2. The molecule has 5 nitrogen and oxygen atoms in total. The summed E-state index contributed by atoms with van der Waals surface area (Å²) in [6.45, 7) is 1.38. The van der Waals surface area contributed by atoms with Gasteiger partial charge in [0.25, 0.3) is 5.91 Å². The van der Waals surface area contributed by atoms with Crippen LogP contribution < -0.4 is 10.1 Å². The molecule has 9 heteroatoms. The summed E-state index contributed by atoms with van der Waals surface area (Å²) < 4.78 is 47.7. The van der Waals surface area contributed by atoms with Gasteiger partial charge in [-0.25, -0.2) is 0 Å². The average Bonchev–Trinajstić information content (AvgIpc) is 2.66. The van der Waals surface area contributed by atoms with E-state index in [1.54, 1.807) is 31.4 Å². The maximum absolute atomic E-state index is 12.5. The number of alkyl halides is 3.